The van der Waals surface area contributed by atoms with E-state index in [9.17, 15) is 9.59 Å². The zero-order chi connectivity index (χ0) is 18.5. The predicted octanol–water partition coefficient (Wildman–Crippen LogP) is 4.93. The smallest absolute Gasteiger partial charge is 0.302 e. The summed E-state index contributed by atoms with van der Waals surface area (Å²) in [5.74, 6) is 1.74. The van der Waals surface area contributed by atoms with Crippen LogP contribution >= 0.6 is 0 Å². The molecule has 5 atom stereocenters. The molecule has 140 valence electrons. The molecule has 3 nitrogen and oxygen atoms in total. The Labute approximate surface area is 156 Å². The lowest BCUT2D eigenvalue weighted by Crippen LogP contribution is -2.43. The third kappa shape index (κ3) is 2.71. The maximum absolute atomic E-state index is 11.9. The van der Waals surface area contributed by atoms with Gasteiger partial charge in [0.05, 0.1) is 0 Å². The van der Waals surface area contributed by atoms with Crippen LogP contribution in [0.1, 0.15) is 65.2 Å². The van der Waals surface area contributed by atoms with Gasteiger partial charge in [0.2, 0.25) is 0 Å². The Morgan fingerprint density at radius 3 is 2.92 bits per heavy atom. The zero-order valence-electron chi connectivity index (χ0n) is 16.1. The number of hydrogen-bond donors (Lipinski definition) is 0. The molecule has 0 unspecified atom stereocenters. The molecule has 0 aromatic carbocycles. The lowest BCUT2D eigenvalue weighted by molar-refractivity contribution is -0.155. The molecule has 4 rings (SSSR count). The molecule has 3 heteroatoms. The maximum atomic E-state index is 11.9. The highest BCUT2D eigenvalue weighted by Gasteiger charge is 2.57. The SMILES string of the molecule is C=CC[C@@H]1C[C@H]2[C@@H]3CCC4=C(CCC(=O)C4)C3=CC[C@]2(C)[C@H]1OC(C)=O. The molecule has 26 heavy (non-hydrogen) atoms. The van der Waals surface area contributed by atoms with E-state index in [0.29, 0.717) is 36.4 Å². The minimum Gasteiger partial charge on any atom is -0.462 e. The van der Waals surface area contributed by atoms with Gasteiger partial charge in [0.15, 0.2) is 0 Å². The van der Waals surface area contributed by atoms with Crippen molar-refractivity contribution in [3.63, 3.8) is 0 Å². The normalized spacial score (nSPS) is 38.8. The summed E-state index contributed by atoms with van der Waals surface area (Å²) in [5.41, 5.74) is 4.46. The van der Waals surface area contributed by atoms with E-state index in [0.717, 1.165) is 38.5 Å². The van der Waals surface area contributed by atoms with E-state index in [-0.39, 0.29) is 17.5 Å². The Balaban J connectivity index is 1.68. The molecule has 0 aromatic heterocycles. The van der Waals surface area contributed by atoms with Gasteiger partial charge in [-0.25, -0.2) is 0 Å². The van der Waals surface area contributed by atoms with Crippen LogP contribution in [0.2, 0.25) is 0 Å². The summed E-state index contributed by atoms with van der Waals surface area (Å²) in [4.78, 5) is 23.6. The molecule has 0 aliphatic heterocycles. The molecule has 1 saturated carbocycles. The lowest BCUT2D eigenvalue weighted by atomic mass is 9.58. The first kappa shape index (κ1) is 17.8. The molecule has 4 aliphatic carbocycles. The van der Waals surface area contributed by atoms with Gasteiger partial charge in [-0.3, -0.25) is 9.59 Å². The van der Waals surface area contributed by atoms with Crippen molar-refractivity contribution in [2.24, 2.45) is 23.2 Å². The fourth-order valence-electron chi connectivity index (χ4n) is 6.40. The van der Waals surface area contributed by atoms with Gasteiger partial charge in [0.1, 0.15) is 11.9 Å². The van der Waals surface area contributed by atoms with Gasteiger partial charge in [0, 0.05) is 31.1 Å². The number of carbonyl (C=O) groups excluding carboxylic acids is 2. The number of hydrogen-bond acceptors (Lipinski definition) is 3. The van der Waals surface area contributed by atoms with Crippen molar-refractivity contribution in [3.8, 4) is 0 Å². The van der Waals surface area contributed by atoms with Crippen molar-refractivity contribution in [2.75, 3.05) is 0 Å². The van der Waals surface area contributed by atoms with Crippen molar-refractivity contribution in [1.29, 1.82) is 0 Å². The van der Waals surface area contributed by atoms with Gasteiger partial charge < -0.3 is 4.74 Å². The highest BCUT2D eigenvalue weighted by atomic mass is 16.5. The second-order valence-electron chi connectivity index (χ2n) is 8.97. The van der Waals surface area contributed by atoms with Gasteiger partial charge in [-0.05, 0) is 61.5 Å². The molecule has 0 spiro atoms. The Morgan fingerprint density at radius 1 is 1.38 bits per heavy atom. The summed E-state index contributed by atoms with van der Waals surface area (Å²) in [6.45, 7) is 7.79. The van der Waals surface area contributed by atoms with Gasteiger partial charge in [-0.2, -0.15) is 0 Å². The first-order valence-corrected chi connectivity index (χ1v) is 10.1. The lowest BCUT2D eigenvalue weighted by Gasteiger charge is -2.47. The monoisotopic (exact) mass is 354 g/mol. The molecule has 0 N–H and O–H groups in total. The largest absolute Gasteiger partial charge is 0.462 e. The van der Waals surface area contributed by atoms with Crippen LogP contribution in [0, 0.1) is 23.2 Å². The van der Waals surface area contributed by atoms with Crippen molar-refractivity contribution >= 4 is 11.8 Å². The number of allylic oxidation sites excluding steroid dienone is 5. The summed E-state index contributed by atoms with van der Waals surface area (Å²) < 4.78 is 5.88. The van der Waals surface area contributed by atoms with E-state index in [2.05, 4.69) is 19.6 Å². The van der Waals surface area contributed by atoms with Crippen LogP contribution in [-0.4, -0.2) is 17.9 Å². The number of fused-ring (bicyclic) bond motifs is 4. The van der Waals surface area contributed by atoms with E-state index in [1.807, 2.05) is 6.08 Å². The quantitative estimate of drug-likeness (QED) is 0.533. The number of esters is 1. The van der Waals surface area contributed by atoms with E-state index in [1.54, 1.807) is 0 Å². The van der Waals surface area contributed by atoms with Crippen LogP contribution in [0.5, 0.6) is 0 Å². The average Bonchev–Trinajstić information content (AvgIpc) is 2.87. The predicted molar refractivity (Wildman–Crippen MR) is 101 cm³/mol. The summed E-state index contributed by atoms with van der Waals surface area (Å²) in [6, 6.07) is 0. The molecule has 0 radical (unpaired) electrons. The van der Waals surface area contributed by atoms with Gasteiger partial charge in [0.25, 0.3) is 0 Å². The molecule has 0 aromatic rings. The van der Waals surface area contributed by atoms with Gasteiger partial charge in [-0.15, -0.1) is 6.58 Å². The number of ketones is 1. The highest BCUT2D eigenvalue weighted by Crippen LogP contribution is 2.61. The fourth-order valence-corrected chi connectivity index (χ4v) is 6.40. The topological polar surface area (TPSA) is 43.4 Å². The summed E-state index contributed by atoms with van der Waals surface area (Å²) in [6.07, 6.45) is 11.9. The standard InChI is InChI=1S/C23H30O3/c1-4-5-16-13-21-20-8-6-15-12-17(25)7-9-18(15)19(20)10-11-23(21,3)22(16)26-14(2)24/h4,10,16,20-22H,1,5-9,11-13H2,2-3H3/t16-,20-,21+,22+,23+/m1/s1. The Bertz CT molecular complexity index is 713. The molecular formula is C23H30O3. The fraction of sp³-hybridized carbons (Fsp3) is 0.652. The molecule has 0 amide bonds. The zero-order valence-corrected chi connectivity index (χ0v) is 16.1. The van der Waals surface area contributed by atoms with Crippen molar-refractivity contribution in [3.05, 3.63) is 35.5 Å². The third-order valence-corrected chi connectivity index (χ3v) is 7.49. The second-order valence-corrected chi connectivity index (χ2v) is 8.97. The first-order chi connectivity index (χ1) is 12.4. The number of Topliss-reactive ketones (excluding diaryl/α,β-unsaturated/α-hetero) is 1. The van der Waals surface area contributed by atoms with Crippen LogP contribution in [0.3, 0.4) is 0 Å². The molecular weight excluding hydrogens is 324 g/mol. The molecule has 4 aliphatic rings. The number of rotatable bonds is 3. The maximum Gasteiger partial charge on any atom is 0.302 e. The van der Waals surface area contributed by atoms with E-state index >= 15 is 0 Å². The molecule has 0 heterocycles. The van der Waals surface area contributed by atoms with Crippen LogP contribution in [0.15, 0.2) is 35.5 Å². The number of ether oxygens (including phenoxy) is 1. The van der Waals surface area contributed by atoms with Crippen molar-refractivity contribution in [1.82, 2.24) is 0 Å². The molecule has 0 saturated heterocycles. The van der Waals surface area contributed by atoms with Gasteiger partial charge in [-0.1, -0.05) is 24.6 Å². The van der Waals surface area contributed by atoms with Crippen LogP contribution < -0.4 is 0 Å². The van der Waals surface area contributed by atoms with Crippen molar-refractivity contribution < 1.29 is 14.3 Å². The molecule has 0 bridgehead atoms. The summed E-state index contributed by atoms with van der Waals surface area (Å²) in [7, 11) is 0. The van der Waals surface area contributed by atoms with Gasteiger partial charge >= 0.3 is 5.97 Å². The summed E-state index contributed by atoms with van der Waals surface area (Å²) in [5, 5.41) is 0. The van der Waals surface area contributed by atoms with E-state index < -0.39 is 0 Å². The minimum atomic E-state index is -0.167. The highest BCUT2D eigenvalue weighted by molar-refractivity contribution is 5.83. The Morgan fingerprint density at radius 2 is 2.19 bits per heavy atom. The first-order valence-electron chi connectivity index (χ1n) is 10.1. The third-order valence-electron chi connectivity index (χ3n) is 7.49. The van der Waals surface area contributed by atoms with E-state index in [4.69, 9.17) is 4.74 Å². The van der Waals surface area contributed by atoms with Crippen LogP contribution in [0.4, 0.5) is 0 Å². The molecule has 1 fully saturated rings. The van der Waals surface area contributed by atoms with Crippen molar-refractivity contribution in [2.45, 2.75) is 71.3 Å². The van der Waals surface area contributed by atoms with Crippen LogP contribution in [0.25, 0.3) is 0 Å². The average molecular weight is 354 g/mol. The number of carbonyl (C=O) groups is 2. The van der Waals surface area contributed by atoms with Crippen LogP contribution in [-0.2, 0) is 14.3 Å². The second kappa shape index (κ2) is 6.51. The Kier molecular flexibility index (Phi) is 4.45. The minimum absolute atomic E-state index is 0.0101. The summed E-state index contributed by atoms with van der Waals surface area (Å²) >= 11 is 0. The Hall–Kier alpha value is -1.64. The van der Waals surface area contributed by atoms with E-state index in [1.165, 1.54) is 23.6 Å².